The van der Waals surface area contributed by atoms with Gasteiger partial charge in [0.1, 0.15) is 6.10 Å². The van der Waals surface area contributed by atoms with Crippen molar-refractivity contribution in [1.29, 1.82) is 0 Å². The van der Waals surface area contributed by atoms with Crippen molar-refractivity contribution in [2.45, 2.75) is 73.0 Å². The second-order valence-electron chi connectivity index (χ2n) is 6.12. The van der Waals surface area contributed by atoms with E-state index in [4.69, 9.17) is 14.6 Å². The molecule has 5 heteroatoms. The lowest BCUT2D eigenvalue weighted by Crippen LogP contribution is -2.37. The zero-order valence-corrected chi connectivity index (χ0v) is 16.7. The Balaban J connectivity index is 0.00000134. The van der Waals surface area contributed by atoms with Crippen LogP contribution in [0, 0.1) is 11.8 Å². The molecule has 1 saturated carbocycles. The third-order valence-corrected chi connectivity index (χ3v) is 3.69. The Labute approximate surface area is 153 Å². The van der Waals surface area contributed by atoms with Crippen molar-refractivity contribution in [3.05, 3.63) is 18.2 Å². The molecule has 2 rings (SSSR count). The van der Waals surface area contributed by atoms with Crippen LogP contribution in [0.1, 0.15) is 60.8 Å². The molecular weight excluding hydrogens is 318 g/mol. The molecule has 1 fully saturated rings. The minimum absolute atomic E-state index is 0.0621. The van der Waals surface area contributed by atoms with Gasteiger partial charge in [0.15, 0.2) is 0 Å². The molecule has 2 atom stereocenters. The van der Waals surface area contributed by atoms with Gasteiger partial charge < -0.3 is 19.7 Å². The number of hydrogen-bond donors (Lipinski definition) is 2. The molecule has 0 spiro atoms. The van der Waals surface area contributed by atoms with Crippen LogP contribution in [-0.2, 0) is 0 Å². The lowest BCUT2D eigenvalue weighted by Gasteiger charge is -2.31. The molecule has 5 nitrogen and oxygen atoms in total. The Morgan fingerprint density at radius 1 is 1.08 bits per heavy atom. The SMILES string of the molecule is CC.CC.CC(CO)CC(C)COc1cccc(OC2CC(O)C2)n1. The van der Waals surface area contributed by atoms with E-state index in [-0.39, 0.29) is 24.7 Å². The number of rotatable bonds is 8. The molecule has 1 aliphatic carbocycles. The highest BCUT2D eigenvalue weighted by molar-refractivity contribution is 5.20. The third kappa shape index (κ3) is 9.66. The fraction of sp³-hybridized carbons (Fsp3) is 0.750. The molecular formula is C20H37NO4. The molecule has 1 heterocycles. The topological polar surface area (TPSA) is 71.8 Å². The van der Waals surface area contributed by atoms with Gasteiger partial charge in [-0.25, -0.2) is 0 Å². The number of aliphatic hydroxyl groups is 2. The second-order valence-corrected chi connectivity index (χ2v) is 6.12. The van der Waals surface area contributed by atoms with Gasteiger partial charge >= 0.3 is 0 Å². The van der Waals surface area contributed by atoms with E-state index in [1.165, 1.54) is 0 Å². The highest BCUT2D eigenvalue weighted by Crippen LogP contribution is 2.25. The summed E-state index contributed by atoms with van der Waals surface area (Å²) in [7, 11) is 0. The fourth-order valence-corrected chi connectivity index (χ4v) is 2.40. The Kier molecular flexibility index (Phi) is 13.2. The average molecular weight is 356 g/mol. The zero-order valence-electron chi connectivity index (χ0n) is 16.7. The smallest absolute Gasteiger partial charge is 0.216 e. The van der Waals surface area contributed by atoms with Gasteiger partial charge in [-0.3, -0.25) is 0 Å². The highest BCUT2D eigenvalue weighted by atomic mass is 16.5. The maximum Gasteiger partial charge on any atom is 0.216 e. The summed E-state index contributed by atoms with van der Waals surface area (Å²) >= 11 is 0. The first-order chi connectivity index (χ1) is 12.1. The van der Waals surface area contributed by atoms with Gasteiger partial charge in [-0.05, 0) is 18.3 Å². The summed E-state index contributed by atoms with van der Waals surface area (Å²) in [6.07, 6.45) is 2.09. The van der Waals surface area contributed by atoms with Crippen LogP contribution in [0.3, 0.4) is 0 Å². The van der Waals surface area contributed by atoms with Crippen LogP contribution in [0.15, 0.2) is 18.2 Å². The van der Waals surface area contributed by atoms with E-state index in [0.717, 1.165) is 6.42 Å². The molecule has 2 unspecified atom stereocenters. The summed E-state index contributed by atoms with van der Waals surface area (Å²) in [5.41, 5.74) is 0. The third-order valence-electron chi connectivity index (χ3n) is 3.69. The van der Waals surface area contributed by atoms with Crippen LogP contribution in [0.4, 0.5) is 0 Å². The van der Waals surface area contributed by atoms with Gasteiger partial charge in [0.25, 0.3) is 0 Å². The molecule has 0 aliphatic heterocycles. The van der Waals surface area contributed by atoms with Crippen molar-refractivity contribution in [3.63, 3.8) is 0 Å². The van der Waals surface area contributed by atoms with Crippen LogP contribution >= 0.6 is 0 Å². The number of hydrogen-bond acceptors (Lipinski definition) is 5. The normalized spacial score (nSPS) is 20.6. The molecule has 146 valence electrons. The van der Waals surface area contributed by atoms with E-state index in [0.29, 0.717) is 37.1 Å². The molecule has 1 aromatic heterocycles. The molecule has 25 heavy (non-hydrogen) atoms. The summed E-state index contributed by atoms with van der Waals surface area (Å²) in [4.78, 5) is 4.32. The Morgan fingerprint density at radius 2 is 1.68 bits per heavy atom. The van der Waals surface area contributed by atoms with Crippen LogP contribution in [0.25, 0.3) is 0 Å². The Morgan fingerprint density at radius 3 is 2.24 bits per heavy atom. The van der Waals surface area contributed by atoms with E-state index in [1.807, 2.05) is 46.8 Å². The van der Waals surface area contributed by atoms with Gasteiger partial charge in [-0.2, -0.15) is 4.98 Å². The zero-order chi connectivity index (χ0) is 19.2. The van der Waals surface area contributed by atoms with Gasteiger partial charge in [-0.1, -0.05) is 47.6 Å². The first kappa shape index (κ1) is 23.7. The fourth-order valence-electron chi connectivity index (χ4n) is 2.40. The van der Waals surface area contributed by atoms with Crippen LogP contribution in [0.2, 0.25) is 0 Å². The minimum atomic E-state index is -0.233. The molecule has 2 N–H and O–H groups in total. The maximum atomic E-state index is 9.25. The second kappa shape index (κ2) is 13.9. The lowest BCUT2D eigenvalue weighted by atomic mass is 9.92. The van der Waals surface area contributed by atoms with Crippen molar-refractivity contribution in [2.24, 2.45) is 11.8 Å². The monoisotopic (exact) mass is 355 g/mol. The first-order valence-electron chi connectivity index (χ1n) is 9.62. The lowest BCUT2D eigenvalue weighted by molar-refractivity contribution is -0.0130. The van der Waals surface area contributed by atoms with Gasteiger partial charge in [0.2, 0.25) is 11.8 Å². The van der Waals surface area contributed by atoms with Crippen molar-refractivity contribution in [3.8, 4) is 11.8 Å². The molecule has 0 saturated heterocycles. The quantitative estimate of drug-likeness (QED) is 0.735. The summed E-state index contributed by atoms with van der Waals surface area (Å²) < 4.78 is 11.4. The largest absolute Gasteiger partial charge is 0.477 e. The van der Waals surface area contributed by atoms with Crippen molar-refractivity contribution < 1.29 is 19.7 Å². The Hall–Kier alpha value is -1.33. The molecule has 0 amide bonds. The predicted molar refractivity (Wildman–Crippen MR) is 102 cm³/mol. The summed E-state index contributed by atoms with van der Waals surface area (Å²) in [5, 5.41) is 18.3. The number of pyridine rings is 1. The van der Waals surface area contributed by atoms with Crippen molar-refractivity contribution >= 4 is 0 Å². The number of aliphatic hydroxyl groups excluding tert-OH is 2. The van der Waals surface area contributed by atoms with E-state index in [1.54, 1.807) is 6.07 Å². The van der Waals surface area contributed by atoms with Gasteiger partial charge in [0.05, 0.1) is 12.7 Å². The van der Waals surface area contributed by atoms with E-state index in [2.05, 4.69) is 11.9 Å². The average Bonchev–Trinajstić information content (AvgIpc) is 2.62. The Bertz CT molecular complexity index is 435. The van der Waals surface area contributed by atoms with Gasteiger partial charge in [0, 0.05) is 31.6 Å². The first-order valence-corrected chi connectivity index (χ1v) is 9.62. The van der Waals surface area contributed by atoms with Crippen LogP contribution < -0.4 is 9.47 Å². The van der Waals surface area contributed by atoms with Crippen molar-refractivity contribution in [1.82, 2.24) is 4.98 Å². The summed E-state index contributed by atoms with van der Waals surface area (Å²) in [6.45, 7) is 12.9. The highest BCUT2D eigenvalue weighted by Gasteiger charge is 2.29. The number of ether oxygens (including phenoxy) is 2. The van der Waals surface area contributed by atoms with E-state index >= 15 is 0 Å². The van der Waals surface area contributed by atoms with E-state index < -0.39 is 0 Å². The van der Waals surface area contributed by atoms with Crippen LogP contribution in [-0.4, -0.2) is 40.6 Å². The molecule has 1 aliphatic rings. The van der Waals surface area contributed by atoms with Crippen LogP contribution in [0.5, 0.6) is 11.8 Å². The minimum Gasteiger partial charge on any atom is -0.477 e. The standard InChI is InChI=1S/C16H25NO4.2C2H6/c1-11(9-18)6-12(2)10-20-15-4-3-5-16(17-15)21-14-7-13(19)8-14;2*1-2/h3-5,11-14,18-19H,6-10H2,1-2H3;2*1-2H3. The van der Waals surface area contributed by atoms with Gasteiger partial charge in [-0.15, -0.1) is 0 Å². The maximum absolute atomic E-state index is 9.25. The predicted octanol–water partition coefficient (Wildman–Crippen LogP) is 4.07. The number of aromatic nitrogens is 1. The number of nitrogens with zero attached hydrogens (tertiary/aromatic N) is 1. The molecule has 1 aromatic rings. The molecule has 0 radical (unpaired) electrons. The van der Waals surface area contributed by atoms with Crippen molar-refractivity contribution in [2.75, 3.05) is 13.2 Å². The van der Waals surface area contributed by atoms with E-state index in [9.17, 15) is 5.11 Å². The molecule has 0 aromatic carbocycles. The molecule has 0 bridgehead atoms. The summed E-state index contributed by atoms with van der Waals surface area (Å²) in [5.74, 6) is 1.74. The summed E-state index contributed by atoms with van der Waals surface area (Å²) in [6, 6.07) is 5.47.